The second-order valence-corrected chi connectivity index (χ2v) is 5.74. The molecule has 0 aliphatic heterocycles. The van der Waals surface area contributed by atoms with Gasteiger partial charge in [0.25, 0.3) is 0 Å². The van der Waals surface area contributed by atoms with Gasteiger partial charge in [-0.15, -0.1) is 11.8 Å². The van der Waals surface area contributed by atoms with Crippen LogP contribution in [0.5, 0.6) is 0 Å². The van der Waals surface area contributed by atoms with Gasteiger partial charge in [-0.05, 0) is 54.8 Å². The van der Waals surface area contributed by atoms with E-state index in [0.717, 1.165) is 11.3 Å². The minimum atomic E-state index is -0.0956. The van der Waals surface area contributed by atoms with Crippen LogP contribution in [0, 0.1) is 25.7 Å². The maximum absolute atomic E-state index is 8.72. The molecule has 0 unspecified atom stereocenters. The van der Waals surface area contributed by atoms with Crippen molar-refractivity contribution in [1.82, 2.24) is 0 Å². The van der Waals surface area contributed by atoms with Crippen LogP contribution in [-0.2, 0) is 5.75 Å². The van der Waals surface area contributed by atoms with Gasteiger partial charge in [-0.3, -0.25) is 0 Å². The molecule has 0 amide bonds. The van der Waals surface area contributed by atoms with Crippen molar-refractivity contribution in [3.8, 4) is 11.8 Å². The Labute approximate surface area is 125 Å². The lowest BCUT2D eigenvalue weighted by molar-refractivity contribution is 0.350. The smallest absolute Gasteiger partial charge is 0.104 e. The van der Waals surface area contributed by atoms with Crippen LogP contribution >= 0.6 is 11.8 Å². The molecule has 0 atom stereocenters. The van der Waals surface area contributed by atoms with E-state index >= 15 is 0 Å². The number of hydrogen-bond acceptors (Lipinski definition) is 2. The Hall–Kier alpha value is -1.69. The van der Waals surface area contributed by atoms with Gasteiger partial charge in [0, 0.05) is 16.2 Å². The zero-order valence-corrected chi connectivity index (χ0v) is 12.6. The van der Waals surface area contributed by atoms with Gasteiger partial charge in [-0.1, -0.05) is 30.0 Å². The summed E-state index contributed by atoms with van der Waals surface area (Å²) in [7, 11) is 0. The van der Waals surface area contributed by atoms with Crippen LogP contribution in [0.3, 0.4) is 0 Å². The fraction of sp³-hybridized carbons (Fsp3) is 0.222. The molecule has 102 valence electrons. The number of hydrogen-bond donors (Lipinski definition) is 1. The minimum Gasteiger partial charge on any atom is -0.384 e. The highest BCUT2D eigenvalue weighted by molar-refractivity contribution is 7.98. The van der Waals surface area contributed by atoms with E-state index in [0.29, 0.717) is 0 Å². The van der Waals surface area contributed by atoms with Crippen molar-refractivity contribution >= 4 is 11.8 Å². The van der Waals surface area contributed by atoms with Gasteiger partial charge in [0.05, 0.1) is 0 Å². The standard InChI is InChI=1S/C18H18OS/c1-14-8-9-18(11-15(14)2)20-13-17-6-3-5-16(12-17)7-4-10-19/h3,5-6,8-9,11-12,19H,10,13H2,1-2H3. The third-order valence-corrected chi connectivity index (χ3v) is 4.19. The molecule has 0 radical (unpaired) electrons. The molecule has 1 N–H and O–H groups in total. The Kier molecular flexibility index (Phi) is 5.29. The van der Waals surface area contributed by atoms with Crippen LogP contribution in [0.25, 0.3) is 0 Å². The van der Waals surface area contributed by atoms with Gasteiger partial charge >= 0.3 is 0 Å². The highest BCUT2D eigenvalue weighted by Gasteiger charge is 1.99. The monoisotopic (exact) mass is 282 g/mol. The van der Waals surface area contributed by atoms with E-state index < -0.39 is 0 Å². The molecule has 0 saturated heterocycles. The Morgan fingerprint density at radius 2 is 1.90 bits per heavy atom. The average molecular weight is 282 g/mol. The van der Waals surface area contributed by atoms with Gasteiger partial charge in [0.15, 0.2) is 0 Å². The van der Waals surface area contributed by atoms with Crippen LogP contribution in [0.1, 0.15) is 22.3 Å². The SMILES string of the molecule is Cc1ccc(SCc2cccc(C#CCO)c2)cc1C. The van der Waals surface area contributed by atoms with Gasteiger partial charge in [0.2, 0.25) is 0 Å². The summed E-state index contributed by atoms with van der Waals surface area (Å²) in [6.45, 7) is 4.18. The zero-order valence-electron chi connectivity index (χ0n) is 11.8. The Balaban J connectivity index is 2.05. The first-order chi connectivity index (χ1) is 9.69. The molecule has 0 aliphatic carbocycles. The Bertz CT molecular complexity index is 650. The predicted molar refractivity (Wildman–Crippen MR) is 85.9 cm³/mol. The molecule has 0 aromatic heterocycles. The van der Waals surface area contributed by atoms with Crippen molar-refractivity contribution in [2.45, 2.75) is 24.5 Å². The molecule has 2 aromatic carbocycles. The lowest BCUT2D eigenvalue weighted by Crippen LogP contribution is -1.85. The van der Waals surface area contributed by atoms with Crippen LogP contribution in [-0.4, -0.2) is 11.7 Å². The fourth-order valence-corrected chi connectivity index (χ4v) is 2.79. The molecule has 2 heteroatoms. The van der Waals surface area contributed by atoms with Crippen molar-refractivity contribution in [3.05, 3.63) is 64.7 Å². The third-order valence-electron chi connectivity index (χ3n) is 3.12. The van der Waals surface area contributed by atoms with Crippen LogP contribution < -0.4 is 0 Å². The van der Waals surface area contributed by atoms with Crippen molar-refractivity contribution in [1.29, 1.82) is 0 Å². The van der Waals surface area contributed by atoms with E-state index in [9.17, 15) is 0 Å². The van der Waals surface area contributed by atoms with Crippen molar-refractivity contribution in [3.63, 3.8) is 0 Å². The molecule has 20 heavy (non-hydrogen) atoms. The summed E-state index contributed by atoms with van der Waals surface area (Å²) in [6, 6.07) is 14.7. The van der Waals surface area contributed by atoms with Gasteiger partial charge in [0.1, 0.15) is 6.61 Å². The topological polar surface area (TPSA) is 20.2 Å². The molecule has 0 spiro atoms. The summed E-state index contributed by atoms with van der Waals surface area (Å²) < 4.78 is 0. The maximum Gasteiger partial charge on any atom is 0.104 e. The molecule has 1 nitrogen and oxygen atoms in total. The predicted octanol–water partition coefficient (Wildman–Crippen LogP) is 3.94. The first-order valence-corrected chi connectivity index (χ1v) is 7.56. The molecule has 0 saturated carbocycles. The van der Waals surface area contributed by atoms with E-state index in [1.807, 2.05) is 23.9 Å². The fourth-order valence-electron chi connectivity index (χ4n) is 1.85. The summed E-state index contributed by atoms with van der Waals surface area (Å²) in [4.78, 5) is 1.29. The van der Waals surface area contributed by atoms with Gasteiger partial charge in [-0.25, -0.2) is 0 Å². The lowest BCUT2D eigenvalue weighted by Gasteiger charge is -2.05. The normalized spacial score (nSPS) is 9.95. The van der Waals surface area contributed by atoms with E-state index in [-0.39, 0.29) is 6.61 Å². The van der Waals surface area contributed by atoms with Crippen LogP contribution in [0.4, 0.5) is 0 Å². The average Bonchev–Trinajstić information content (AvgIpc) is 2.47. The minimum absolute atomic E-state index is 0.0956. The maximum atomic E-state index is 8.72. The molecule has 2 rings (SSSR count). The summed E-state index contributed by atoms with van der Waals surface area (Å²) in [6.07, 6.45) is 0. The molecular weight excluding hydrogens is 264 g/mol. The number of aliphatic hydroxyl groups is 1. The highest BCUT2D eigenvalue weighted by atomic mass is 32.2. The largest absolute Gasteiger partial charge is 0.384 e. The zero-order chi connectivity index (χ0) is 14.4. The summed E-state index contributed by atoms with van der Waals surface area (Å²) in [5, 5.41) is 8.72. The van der Waals surface area contributed by atoms with Crippen molar-refractivity contribution in [2.24, 2.45) is 0 Å². The molecule has 2 aromatic rings. The van der Waals surface area contributed by atoms with Crippen LogP contribution in [0.15, 0.2) is 47.4 Å². The van der Waals surface area contributed by atoms with E-state index in [4.69, 9.17) is 5.11 Å². The number of aliphatic hydroxyl groups excluding tert-OH is 1. The van der Waals surface area contributed by atoms with Crippen molar-refractivity contribution < 1.29 is 5.11 Å². The van der Waals surface area contributed by atoms with Gasteiger partial charge < -0.3 is 5.11 Å². The number of benzene rings is 2. The van der Waals surface area contributed by atoms with Gasteiger partial charge in [-0.2, -0.15) is 0 Å². The lowest BCUT2D eigenvalue weighted by atomic mass is 10.1. The number of rotatable bonds is 3. The summed E-state index contributed by atoms with van der Waals surface area (Å²) in [5.41, 5.74) is 4.86. The quantitative estimate of drug-likeness (QED) is 0.679. The third kappa shape index (κ3) is 4.16. The molecule has 0 aliphatic rings. The molecule has 0 heterocycles. The van der Waals surface area contributed by atoms with E-state index in [1.54, 1.807) is 0 Å². The Morgan fingerprint density at radius 1 is 1.05 bits per heavy atom. The summed E-state index contributed by atoms with van der Waals surface area (Å²) >= 11 is 1.83. The second-order valence-electron chi connectivity index (χ2n) is 4.70. The first kappa shape index (κ1) is 14.7. The number of thioether (sulfide) groups is 1. The molecule has 0 fully saturated rings. The molecular formula is C18H18OS. The van der Waals surface area contributed by atoms with Crippen LogP contribution in [0.2, 0.25) is 0 Å². The highest BCUT2D eigenvalue weighted by Crippen LogP contribution is 2.25. The first-order valence-electron chi connectivity index (χ1n) is 6.58. The Morgan fingerprint density at radius 3 is 2.65 bits per heavy atom. The van der Waals surface area contributed by atoms with E-state index in [2.05, 4.69) is 56.0 Å². The second kappa shape index (κ2) is 7.19. The van der Waals surface area contributed by atoms with Crippen molar-refractivity contribution in [2.75, 3.05) is 6.61 Å². The van der Waals surface area contributed by atoms with E-state index in [1.165, 1.54) is 21.6 Å². The molecule has 0 bridgehead atoms. The summed E-state index contributed by atoms with van der Waals surface area (Å²) in [5.74, 6) is 6.55. The number of aryl methyl sites for hydroxylation is 2.